The molecule has 1 aliphatic carbocycles. The molecule has 0 bridgehead atoms. The zero-order valence-electron chi connectivity index (χ0n) is 9.26. The van der Waals surface area contributed by atoms with E-state index in [4.69, 9.17) is 5.73 Å². The molecular formula is C12H17FN2. The Kier molecular flexibility index (Phi) is 2.43. The molecular weight excluding hydrogens is 191 g/mol. The number of hydrogen-bond acceptors (Lipinski definition) is 2. The van der Waals surface area contributed by atoms with E-state index in [0.29, 0.717) is 0 Å². The van der Waals surface area contributed by atoms with Gasteiger partial charge in [0.2, 0.25) is 0 Å². The Bertz CT molecular complexity index is 370. The molecule has 2 N–H and O–H groups in total. The van der Waals surface area contributed by atoms with Crippen LogP contribution in [0, 0.1) is 5.82 Å². The van der Waals surface area contributed by atoms with Crippen LogP contribution in [0.1, 0.15) is 18.4 Å². The fraction of sp³-hybridized carbons (Fsp3) is 0.500. The van der Waals surface area contributed by atoms with Crippen molar-refractivity contribution in [2.24, 2.45) is 5.73 Å². The Hall–Kier alpha value is -1.09. The van der Waals surface area contributed by atoms with Gasteiger partial charge < -0.3 is 10.6 Å². The summed E-state index contributed by atoms with van der Waals surface area (Å²) in [5.41, 5.74) is 8.06. The lowest BCUT2D eigenvalue weighted by atomic mass is 10.0. The number of anilines is 1. The minimum atomic E-state index is -0.181. The molecule has 1 aromatic rings. The largest absolute Gasteiger partial charge is 0.377 e. The third kappa shape index (κ3) is 2.29. The van der Waals surface area contributed by atoms with Gasteiger partial charge in [0.15, 0.2) is 0 Å². The molecule has 82 valence electrons. The summed E-state index contributed by atoms with van der Waals surface area (Å²) in [5, 5.41) is 0. The van der Waals surface area contributed by atoms with Crippen LogP contribution in [-0.4, -0.2) is 19.6 Å². The van der Waals surface area contributed by atoms with Crippen LogP contribution in [0.2, 0.25) is 0 Å². The Morgan fingerprint density at radius 2 is 2.07 bits per heavy atom. The van der Waals surface area contributed by atoms with Crippen LogP contribution in [0.15, 0.2) is 18.2 Å². The molecule has 0 radical (unpaired) electrons. The molecule has 0 amide bonds. The molecule has 0 aliphatic heterocycles. The van der Waals surface area contributed by atoms with Crippen LogP contribution in [0.4, 0.5) is 10.1 Å². The second kappa shape index (κ2) is 3.49. The van der Waals surface area contributed by atoms with Crippen molar-refractivity contribution >= 4 is 5.69 Å². The standard InChI is InChI=1S/C12H17FN2/c1-15(2)11-4-3-10(13)7-9(11)8-12(14)5-6-12/h3-4,7H,5-6,8,14H2,1-2H3. The van der Waals surface area contributed by atoms with Crippen molar-refractivity contribution in [3.8, 4) is 0 Å². The molecule has 2 rings (SSSR count). The van der Waals surface area contributed by atoms with Gasteiger partial charge in [0, 0.05) is 25.3 Å². The molecule has 0 spiro atoms. The van der Waals surface area contributed by atoms with Crippen LogP contribution < -0.4 is 10.6 Å². The first kappa shape index (κ1) is 10.4. The van der Waals surface area contributed by atoms with Crippen LogP contribution in [0.25, 0.3) is 0 Å². The van der Waals surface area contributed by atoms with Gasteiger partial charge in [-0.2, -0.15) is 0 Å². The van der Waals surface area contributed by atoms with Crippen molar-refractivity contribution in [2.45, 2.75) is 24.8 Å². The van der Waals surface area contributed by atoms with E-state index in [-0.39, 0.29) is 11.4 Å². The molecule has 1 fully saturated rings. The third-order valence-electron chi connectivity index (χ3n) is 2.96. The molecule has 0 saturated heterocycles. The number of benzene rings is 1. The van der Waals surface area contributed by atoms with E-state index in [1.165, 1.54) is 6.07 Å². The molecule has 1 aromatic carbocycles. The van der Waals surface area contributed by atoms with Crippen LogP contribution in [0.3, 0.4) is 0 Å². The van der Waals surface area contributed by atoms with E-state index in [9.17, 15) is 4.39 Å². The van der Waals surface area contributed by atoms with Gasteiger partial charge in [0.1, 0.15) is 5.82 Å². The maximum Gasteiger partial charge on any atom is 0.123 e. The molecule has 1 saturated carbocycles. The van der Waals surface area contributed by atoms with Gasteiger partial charge >= 0.3 is 0 Å². The topological polar surface area (TPSA) is 29.3 Å². The van der Waals surface area contributed by atoms with E-state index in [1.54, 1.807) is 6.07 Å². The Balaban J connectivity index is 2.29. The van der Waals surface area contributed by atoms with Crippen LogP contribution >= 0.6 is 0 Å². The second-order valence-corrected chi connectivity index (χ2v) is 4.71. The van der Waals surface area contributed by atoms with Gasteiger partial charge in [-0.3, -0.25) is 0 Å². The summed E-state index contributed by atoms with van der Waals surface area (Å²) in [6.45, 7) is 0. The van der Waals surface area contributed by atoms with Gasteiger partial charge in [-0.25, -0.2) is 4.39 Å². The van der Waals surface area contributed by atoms with Gasteiger partial charge in [-0.15, -0.1) is 0 Å². The molecule has 0 unspecified atom stereocenters. The van der Waals surface area contributed by atoms with E-state index >= 15 is 0 Å². The van der Waals surface area contributed by atoms with Gasteiger partial charge in [0.05, 0.1) is 0 Å². The van der Waals surface area contributed by atoms with Crippen molar-refractivity contribution in [1.29, 1.82) is 0 Å². The fourth-order valence-corrected chi connectivity index (χ4v) is 1.85. The molecule has 0 heterocycles. The average molecular weight is 208 g/mol. The zero-order chi connectivity index (χ0) is 11.1. The highest BCUT2D eigenvalue weighted by molar-refractivity contribution is 5.53. The van der Waals surface area contributed by atoms with Crippen molar-refractivity contribution in [2.75, 3.05) is 19.0 Å². The predicted octanol–water partition coefficient (Wildman–Crippen LogP) is 1.93. The minimum Gasteiger partial charge on any atom is -0.377 e. The lowest BCUT2D eigenvalue weighted by Crippen LogP contribution is -2.26. The van der Waals surface area contributed by atoms with Gasteiger partial charge in [0.25, 0.3) is 0 Å². The highest BCUT2D eigenvalue weighted by atomic mass is 19.1. The summed E-state index contributed by atoms with van der Waals surface area (Å²) in [4.78, 5) is 2.00. The van der Waals surface area contributed by atoms with Crippen molar-refractivity contribution in [3.63, 3.8) is 0 Å². The van der Waals surface area contributed by atoms with E-state index in [0.717, 1.165) is 30.5 Å². The lowest BCUT2D eigenvalue weighted by Gasteiger charge is -2.19. The fourth-order valence-electron chi connectivity index (χ4n) is 1.85. The molecule has 3 heteroatoms. The number of nitrogens with zero attached hydrogens (tertiary/aromatic N) is 1. The number of nitrogens with two attached hydrogens (primary N) is 1. The number of halogens is 1. The van der Waals surface area contributed by atoms with E-state index < -0.39 is 0 Å². The second-order valence-electron chi connectivity index (χ2n) is 4.71. The minimum absolute atomic E-state index is 0.0709. The maximum absolute atomic E-state index is 13.1. The summed E-state index contributed by atoms with van der Waals surface area (Å²) in [5.74, 6) is -0.181. The summed E-state index contributed by atoms with van der Waals surface area (Å²) in [6, 6.07) is 4.91. The first-order chi connectivity index (χ1) is 7.00. The molecule has 0 atom stereocenters. The van der Waals surface area contributed by atoms with E-state index in [2.05, 4.69) is 0 Å². The Morgan fingerprint density at radius 1 is 1.40 bits per heavy atom. The zero-order valence-corrected chi connectivity index (χ0v) is 9.26. The Labute approximate surface area is 89.9 Å². The highest BCUT2D eigenvalue weighted by Crippen LogP contribution is 2.37. The van der Waals surface area contributed by atoms with Gasteiger partial charge in [-0.1, -0.05) is 0 Å². The molecule has 1 aliphatic rings. The average Bonchev–Trinajstić information content (AvgIpc) is 2.82. The summed E-state index contributed by atoms with van der Waals surface area (Å²) in [6.07, 6.45) is 2.88. The van der Waals surface area contributed by atoms with Gasteiger partial charge in [-0.05, 0) is 43.0 Å². The monoisotopic (exact) mass is 208 g/mol. The SMILES string of the molecule is CN(C)c1ccc(F)cc1CC1(N)CC1. The Morgan fingerprint density at radius 3 is 2.60 bits per heavy atom. The van der Waals surface area contributed by atoms with Crippen molar-refractivity contribution in [3.05, 3.63) is 29.6 Å². The number of hydrogen-bond donors (Lipinski definition) is 1. The number of rotatable bonds is 3. The van der Waals surface area contributed by atoms with Crippen molar-refractivity contribution in [1.82, 2.24) is 0 Å². The van der Waals surface area contributed by atoms with Crippen molar-refractivity contribution < 1.29 is 4.39 Å². The predicted molar refractivity (Wildman–Crippen MR) is 60.6 cm³/mol. The molecule has 0 aromatic heterocycles. The summed E-state index contributed by atoms with van der Waals surface area (Å²) >= 11 is 0. The van der Waals surface area contributed by atoms with Crippen LogP contribution in [-0.2, 0) is 6.42 Å². The lowest BCUT2D eigenvalue weighted by molar-refractivity contribution is 0.618. The quantitative estimate of drug-likeness (QED) is 0.822. The normalized spacial score (nSPS) is 17.6. The van der Waals surface area contributed by atoms with Crippen LogP contribution in [0.5, 0.6) is 0 Å². The third-order valence-corrected chi connectivity index (χ3v) is 2.96. The highest BCUT2D eigenvalue weighted by Gasteiger charge is 2.38. The summed E-state index contributed by atoms with van der Waals surface area (Å²) < 4.78 is 13.1. The first-order valence-corrected chi connectivity index (χ1v) is 5.25. The summed E-state index contributed by atoms with van der Waals surface area (Å²) in [7, 11) is 3.93. The molecule has 15 heavy (non-hydrogen) atoms. The van der Waals surface area contributed by atoms with E-state index in [1.807, 2.05) is 25.1 Å². The smallest absolute Gasteiger partial charge is 0.123 e. The molecule has 2 nitrogen and oxygen atoms in total. The first-order valence-electron chi connectivity index (χ1n) is 5.25. The maximum atomic E-state index is 13.1.